The van der Waals surface area contributed by atoms with E-state index in [4.69, 9.17) is 14.2 Å². The second-order valence-corrected chi connectivity index (χ2v) is 6.36. The van der Waals surface area contributed by atoms with E-state index in [1.165, 1.54) is 0 Å². The molecule has 0 aromatic rings. The highest BCUT2D eigenvalue weighted by molar-refractivity contribution is 5.69. The van der Waals surface area contributed by atoms with E-state index in [1.54, 1.807) is 0 Å². The van der Waals surface area contributed by atoms with E-state index in [1.807, 2.05) is 34.9 Å². The van der Waals surface area contributed by atoms with Gasteiger partial charge in [-0.3, -0.25) is 4.79 Å². The zero-order valence-corrected chi connectivity index (χ0v) is 12.8. The van der Waals surface area contributed by atoms with E-state index in [0.717, 1.165) is 13.0 Å². The molecule has 0 unspecified atom stereocenters. The van der Waals surface area contributed by atoms with Crippen LogP contribution in [0.1, 0.15) is 33.6 Å². The van der Waals surface area contributed by atoms with Crippen molar-refractivity contribution >= 4 is 5.97 Å². The lowest BCUT2D eigenvalue weighted by atomic mass is 9.93. The summed E-state index contributed by atoms with van der Waals surface area (Å²) in [5.74, 6) is -0.678. The first kappa shape index (κ1) is 16.4. The van der Waals surface area contributed by atoms with Crippen molar-refractivity contribution < 1.29 is 19.0 Å². The molecule has 0 saturated carbocycles. The lowest BCUT2D eigenvalue weighted by Crippen LogP contribution is -2.47. The summed E-state index contributed by atoms with van der Waals surface area (Å²) >= 11 is 0. The van der Waals surface area contributed by atoms with Crippen molar-refractivity contribution in [3.63, 3.8) is 0 Å². The van der Waals surface area contributed by atoms with Gasteiger partial charge in [0.25, 0.3) is 0 Å². The van der Waals surface area contributed by atoms with Crippen LogP contribution in [0.4, 0.5) is 0 Å². The fourth-order valence-corrected chi connectivity index (χ4v) is 1.73. The molecule has 0 aromatic heterocycles. The molecular formula is C14H27NO4. The molecule has 19 heavy (non-hydrogen) atoms. The molecule has 0 bridgehead atoms. The predicted octanol–water partition coefficient (Wildman–Crippen LogP) is 1.66. The van der Waals surface area contributed by atoms with Gasteiger partial charge in [0, 0.05) is 11.8 Å². The largest absolute Gasteiger partial charge is 0.465 e. The van der Waals surface area contributed by atoms with Gasteiger partial charge in [-0.1, -0.05) is 6.92 Å². The Bertz CT molecular complexity index is 292. The Balaban J connectivity index is 2.22. The number of carbonyl (C=O) groups excluding carboxylic acids is 1. The smallest absolute Gasteiger partial charge is 0.305 e. The second kappa shape index (κ2) is 6.68. The van der Waals surface area contributed by atoms with Gasteiger partial charge in [-0.25, -0.2) is 0 Å². The molecular weight excluding hydrogens is 246 g/mol. The summed E-state index contributed by atoms with van der Waals surface area (Å²) in [6.45, 7) is 8.13. The Morgan fingerprint density at radius 1 is 1.21 bits per heavy atom. The Labute approximate surface area is 116 Å². The zero-order valence-electron chi connectivity index (χ0n) is 12.8. The summed E-state index contributed by atoms with van der Waals surface area (Å²) in [6, 6.07) is 0. The minimum Gasteiger partial charge on any atom is -0.465 e. The van der Waals surface area contributed by atoms with Crippen LogP contribution in [-0.4, -0.2) is 57.1 Å². The lowest BCUT2D eigenvalue weighted by Gasteiger charge is -2.40. The number of nitrogens with zero attached hydrogens (tertiary/aromatic N) is 1. The van der Waals surface area contributed by atoms with Gasteiger partial charge < -0.3 is 19.1 Å². The first-order valence-electron chi connectivity index (χ1n) is 6.81. The standard InChI is InChI=1S/C14H27NO4/c1-13(2)18-10-14(3,11-19-13)9-17-12(16)7-6-8-15(4)5/h6-11H2,1-5H3. The van der Waals surface area contributed by atoms with Gasteiger partial charge in [-0.15, -0.1) is 0 Å². The molecule has 1 rings (SSSR count). The summed E-state index contributed by atoms with van der Waals surface area (Å²) in [7, 11) is 3.98. The lowest BCUT2D eigenvalue weighted by molar-refractivity contribution is -0.287. The number of hydrogen-bond acceptors (Lipinski definition) is 5. The van der Waals surface area contributed by atoms with E-state index >= 15 is 0 Å². The number of carbonyl (C=O) groups is 1. The summed E-state index contributed by atoms with van der Waals surface area (Å²) in [6.07, 6.45) is 1.28. The van der Waals surface area contributed by atoms with Gasteiger partial charge in [0.2, 0.25) is 0 Å². The number of ether oxygens (including phenoxy) is 3. The maximum atomic E-state index is 11.6. The van der Waals surface area contributed by atoms with Gasteiger partial charge in [0.05, 0.1) is 13.2 Å². The van der Waals surface area contributed by atoms with Crippen molar-refractivity contribution in [2.24, 2.45) is 5.41 Å². The quantitative estimate of drug-likeness (QED) is 0.689. The maximum absolute atomic E-state index is 11.6. The monoisotopic (exact) mass is 273 g/mol. The van der Waals surface area contributed by atoms with Crippen LogP contribution >= 0.6 is 0 Å². The third-order valence-corrected chi connectivity index (χ3v) is 3.10. The van der Waals surface area contributed by atoms with Crippen LogP contribution in [0.5, 0.6) is 0 Å². The van der Waals surface area contributed by atoms with Crippen molar-refractivity contribution in [3.05, 3.63) is 0 Å². The van der Waals surface area contributed by atoms with Gasteiger partial charge >= 0.3 is 5.97 Å². The molecule has 0 amide bonds. The third kappa shape index (κ3) is 6.36. The topological polar surface area (TPSA) is 48.0 Å². The Morgan fingerprint density at radius 3 is 2.32 bits per heavy atom. The van der Waals surface area contributed by atoms with E-state index in [9.17, 15) is 4.79 Å². The molecule has 0 radical (unpaired) electrons. The van der Waals surface area contributed by atoms with Crippen LogP contribution in [0.25, 0.3) is 0 Å². The fraction of sp³-hybridized carbons (Fsp3) is 0.929. The van der Waals surface area contributed by atoms with Crippen molar-refractivity contribution in [2.45, 2.75) is 39.4 Å². The van der Waals surface area contributed by atoms with Gasteiger partial charge in [0.15, 0.2) is 5.79 Å². The summed E-state index contributed by atoms with van der Waals surface area (Å²) in [5.41, 5.74) is -0.243. The predicted molar refractivity (Wildman–Crippen MR) is 72.8 cm³/mol. The van der Waals surface area contributed by atoms with Crippen LogP contribution in [0, 0.1) is 5.41 Å². The molecule has 0 N–H and O–H groups in total. The fourth-order valence-electron chi connectivity index (χ4n) is 1.73. The Hall–Kier alpha value is -0.650. The van der Waals surface area contributed by atoms with Crippen LogP contribution in [-0.2, 0) is 19.0 Å². The highest BCUT2D eigenvalue weighted by Gasteiger charge is 2.37. The van der Waals surface area contributed by atoms with Gasteiger partial charge in [-0.05, 0) is 40.9 Å². The SMILES string of the molecule is CN(C)CCCC(=O)OCC1(C)COC(C)(C)OC1. The average Bonchev–Trinajstić information content (AvgIpc) is 2.31. The molecule has 1 aliphatic heterocycles. The van der Waals surface area contributed by atoms with Crippen molar-refractivity contribution in [1.29, 1.82) is 0 Å². The van der Waals surface area contributed by atoms with Crippen LogP contribution in [0.2, 0.25) is 0 Å². The molecule has 112 valence electrons. The third-order valence-electron chi connectivity index (χ3n) is 3.10. The van der Waals surface area contributed by atoms with Gasteiger partial charge in [-0.2, -0.15) is 0 Å². The summed E-state index contributed by atoms with van der Waals surface area (Å²) in [4.78, 5) is 13.7. The normalized spacial score (nSPS) is 21.4. The molecule has 1 heterocycles. The molecule has 0 aliphatic carbocycles. The summed E-state index contributed by atoms with van der Waals surface area (Å²) < 4.78 is 16.5. The van der Waals surface area contributed by atoms with E-state index in [2.05, 4.69) is 4.90 Å². The average molecular weight is 273 g/mol. The molecule has 5 nitrogen and oxygen atoms in total. The van der Waals surface area contributed by atoms with Crippen molar-refractivity contribution in [2.75, 3.05) is 40.5 Å². The van der Waals surface area contributed by atoms with E-state index in [-0.39, 0.29) is 11.4 Å². The van der Waals surface area contributed by atoms with E-state index in [0.29, 0.717) is 26.2 Å². The highest BCUT2D eigenvalue weighted by atomic mass is 16.7. The molecule has 5 heteroatoms. The Morgan fingerprint density at radius 2 is 1.79 bits per heavy atom. The molecule has 0 spiro atoms. The van der Waals surface area contributed by atoms with Gasteiger partial charge in [0.1, 0.15) is 6.61 Å². The Kier molecular flexibility index (Phi) is 5.77. The molecule has 1 saturated heterocycles. The number of rotatable bonds is 6. The first-order chi connectivity index (χ1) is 8.72. The van der Waals surface area contributed by atoms with Crippen molar-refractivity contribution in [1.82, 2.24) is 4.90 Å². The first-order valence-corrected chi connectivity index (χ1v) is 6.81. The number of hydrogen-bond donors (Lipinski definition) is 0. The minimum absolute atomic E-state index is 0.145. The molecule has 1 fully saturated rings. The minimum atomic E-state index is -0.533. The zero-order chi connectivity index (χ0) is 14.5. The van der Waals surface area contributed by atoms with Crippen molar-refractivity contribution in [3.8, 4) is 0 Å². The van der Waals surface area contributed by atoms with Crippen LogP contribution < -0.4 is 0 Å². The van der Waals surface area contributed by atoms with Crippen LogP contribution in [0.15, 0.2) is 0 Å². The maximum Gasteiger partial charge on any atom is 0.305 e. The van der Waals surface area contributed by atoms with Crippen LogP contribution in [0.3, 0.4) is 0 Å². The second-order valence-electron chi connectivity index (χ2n) is 6.36. The number of esters is 1. The molecule has 0 aromatic carbocycles. The molecule has 0 atom stereocenters. The molecule has 1 aliphatic rings. The van der Waals surface area contributed by atoms with E-state index < -0.39 is 5.79 Å². The highest BCUT2D eigenvalue weighted by Crippen LogP contribution is 2.29. The summed E-state index contributed by atoms with van der Waals surface area (Å²) in [5, 5.41) is 0.